The average Bonchev–Trinajstić information content (AvgIpc) is 3.82. The quantitative estimate of drug-likeness (QED) is 0.172. The van der Waals surface area contributed by atoms with Gasteiger partial charge in [-0.2, -0.15) is 0 Å². The number of rotatable bonds is 13. The molecule has 1 saturated heterocycles. The molecule has 3 aliphatic carbocycles. The van der Waals surface area contributed by atoms with Gasteiger partial charge < -0.3 is 14.9 Å². The molecule has 2 aliphatic heterocycles. The van der Waals surface area contributed by atoms with Crippen LogP contribution >= 0.6 is 0 Å². The fraction of sp³-hybridized carbons (Fsp3) is 0.525. The fourth-order valence-corrected chi connectivity index (χ4v) is 9.73. The van der Waals surface area contributed by atoms with Crippen molar-refractivity contribution in [3.05, 3.63) is 95.1 Å². The van der Waals surface area contributed by atoms with Crippen LogP contribution in [0.5, 0.6) is 11.5 Å². The third-order valence-electron chi connectivity index (χ3n) is 12.1. The van der Waals surface area contributed by atoms with E-state index in [-0.39, 0.29) is 29.7 Å². The number of benzene rings is 3. The van der Waals surface area contributed by atoms with Gasteiger partial charge in [0.15, 0.2) is 17.3 Å². The van der Waals surface area contributed by atoms with E-state index >= 15 is 0 Å². The van der Waals surface area contributed by atoms with E-state index in [4.69, 9.17) is 4.74 Å². The van der Waals surface area contributed by atoms with Gasteiger partial charge in [-0.3, -0.25) is 14.6 Å². The molecule has 6 nitrogen and oxygen atoms in total. The second-order valence-electron chi connectivity index (χ2n) is 14.8. The molecule has 3 aromatic rings. The van der Waals surface area contributed by atoms with Crippen molar-refractivity contribution >= 4 is 5.78 Å². The van der Waals surface area contributed by atoms with E-state index in [0.29, 0.717) is 18.7 Å². The number of aliphatic hydroxyl groups is 1. The maximum absolute atomic E-state index is 13.7. The minimum atomic E-state index is -0.917. The molecule has 3 fully saturated rings. The van der Waals surface area contributed by atoms with Gasteiger partial charge in [0.05, 0.1) is 17.6 Å². The summed E-state index contributed by atoms with van der Waals surface area (Å²) in [4.78, 5) is 18.7. The average molecular weight is 621 g/mol. The van der Waals surface area contributed by atoms with Gasteiger partial charge in [0.1, 0.15) is 6.10 Å². The second kappa shape index (κ2) is 12.1. The summed E-state index contributed by atoms with van der Waals surface area (Å²) in [5.41, 5.74) is 2.91. The predicted molar refractivity (Wildman–Crippen MR) is 180 cm³/mol. The Bertz CT molecular complexity index is 1560. The van der Waals surface area contributed by atoms with Gasteiger partial charge in [-0.15, -0.1) is 0 Å². The molecule has 0 radical (unpaired) electrons. The van der Waals surface area contributed by atoms with Crippen LogP contribution in [0.15, 0.2) is 72.8 Å². The van der Waals surface area contributed by atoms with Crippen LogP contribution < -0.4 is 4.74 Å². The molecule has 242 valence electrons. The van der Waals surface area contributed by atoms with E-state index in [1.54, 1.807) is 6.07 Å². The van der Waals surface area contributed by atoms with E-state index < -0.39 is 11.0 Å². The maximum atomic E-state index is 13.7. The summed E-state index contributed by atoms with van der Waals surface area (Å²) in [5.74, 6) is 1.64. The summed E-state index contributed by atoms with van der Waals surface area (Å²) < 4.78 is 6.90. The van der Waals surface area contributed by atoms with E-state index in [1.165, 1.54) is 24.0 Å². The number of ketones is 1. The van der Waals surface area contributed by atoms with E-state index in [2.05, 4.69) is 46.2 Å². The van der Waals surface area contributed by atoms with Gasteiger partial charge in [-0.25, -0.2) is 0 Å². The smallest absolute Gasteiger partial charge is 0.176 e. The first-order valence-corrected chi connectivity index (χ1v) is 17.8. The Morgan fingerprint density at radius 1 is 0.913 bits per heavy atom. The lowest BCUT2D eigenvalue weighted by atomic mass is 9.48. The zero-order chi connectivity index (χ0) is 31.3. The molecular formula is C40H48N2O4. The SMILES string of the molecule is O=C(CN(CCCCCCc1ccccc1)C1CC[C@@]2(O)[C@H]3Cc4ccc(O)c5c4[C@@]2(CCN3CC2CC2)C1O5)c1ccccc1. The lowest BCUT2D eigenvalue weighted by Gasteiger charge is -2.65. The monoisotopic (exact) mass is 620 g/mol. The fourth-order valence-electron chi connectivity index (χ4n) is 9.73. The Balaban J connectivity index is 1.07. The van der Waals surface area contributed by atoms with E-state index in [9.17, 15) is 15.0 Å². The molecule has 6 heteroatoms. The third kappa shape index (κ3) is 5.08. The number of piperidine rings is 1. The number of nitrogens with zero attached hydrogens (tertiary/aromatic N) is 2. The molecule has 3 aromatic carbocycles. The topological polar surface area (TPSA) is 73.2 Å². The zero-order valence-corrected chi connectivity index (χ0v) is 26.9. The molecule has 2 saturated carbocycles. The summed E-state index contributed by atoms with van der Waals surface area (Å²) >= 11 is 0. The number of aryl methyl sites for hydroxylation is 1. The van der Waals surface area contributed by atoms with Crippen LogP contribution in [-0.2, 0) is 18.3 Å². The third-order valence-corrected chi connectivity index (χ3v) is 12.1. The Hall–Kier alpha value is -3.19. The summed E-state index contributed by atoms with van der Waals surface area (Å²) in [5, 5.41) is 24.1. The van der Waals surface area contributed by atoms with Crippen molar-refractivity contribution in [2.75, 3.05) is 26.2 Å². The van der Waals surface area contributed by atoms with Crippen LogP contribution in [0.1, 0.15) is 84.8 Å². The first-order chi connectivity index (χ1) is 22.5. The number of ether oxygens (including phenoxy) is 1. The number of hydrogen-bond donors (Lipinski definition) is 2. The number of aromatic hydroxyl groups is 1. The van der Waals surface area contributed by atoms with Crippen LogP contribution in [0.3, 0.4) is 0 Å². The van der Waals surface area contributed by atoms with Crippen LogP contribution in [0.2, 0.25) is 0 Å². The molecular weight excluding hydrogens is 572 g/mol. The Morgan fingerprint density at radius 2 is 1.67 bits per heavy atom. The summed E-state index contributed by atoms with van der Waals surface area (Å²) in [7, 11) is 0. The highest BCUT2D eigenvalue weighted by atomic mass is 16.5. The molecule has 5 aliphatic rings. The van der Waals surface area contributed by atoms with Crippen LogP contribution in [0.25, 0.3) is 0 Å². The standard InChI is InChI=1S/C40H48N2O4/c43-33-19-18-31-25-35-40(45)21-20-32(38-39(40,36(31)37(33)46-38)22-24-42(35)26-29-16-17-29)41(27-34(44)30-14-8-4-9-15-30)23-10-2-1-5-11-28-12-6-3-7-13-28/h3-4,6-9,12-15,18-19,29,32,35,38,43,45H,1-2,5,10-11,16-17,20-27H2/t32?,35-,38?,39+,40-/m1/s1. The predicted octanol–water partition coefficient (Wildman–Crippen LogP) is 6.31. The molecule has 2 bridgehead atoms. The summed E-state index contributed by atoms with van der Waals surface area (Å²) in [6.45, 7) is 3.16. The molecule has 8 rings (SSSR count). The molecule has 5 atom stereocenters. The number of unbranched alkanes of at least 4 members (excludes halogenated alkanes) is 3. The van der Waals surface area contributed by atoms with Crippen LogP contribution in [0.4, 0.5) is 0 Å². The number of hydrogen-bond acceptors (Lipinski definition) is 6. The minimum absolute atomic E-state index is 0.0226. The van der Waals surface area contributed by atoms with E-state index in [0.717, 1.165) is 88.0 Å². The second-order valence-corrected chi connectivity index (χ2v) is 14.8. The van der Waals surface area contributed by atoms with Crippen molar-refractivity contribution in [3.8, 4) is 11.5 Å². The van der Waals surface area contributed by atoms with Crippen LogP contribution in [-0.4, -0.2) is 75.8 Å². The van der Waals surface area contributed by atoms with Crippen molar-refractivity contribution in [1.82, 2.24) is 9.80 Å². The summed E-state index contributed by atoms with van der Waals surface area (Å²) in [6.07, 6.45) is 10.9. The Kier molecular flexibility index (Phi) is 7.94. The molecule has 1 spiro atoms. The van der Waals surface area contributed by atoms with Crippen LogP contribution in [0, 0.1) is 5.92 Å². The molecule has 46 heavy (non-hydrogen) atoms. The molecule has 2 unspecified atom stereocenters. The van der Waals surface area contributed by atoms with Gasteiger partial charge in [0.25, 0.3) is 0 Å². The first-order valence-electron chi connectivity index (χ1n) is 17.8. The highest BCUT2D eigenvalue weighted by molar-refractivity contribution is 5.97. The van der Waals surface area contributed by atoms with Gasteiger partial charge in [-0.1, -0.05) is 79.6 Å². The normalized spacial score (nSPS) is 29.4. The lowest BCUT2D eigenvalue weighted by Crippen LogP contribution is -2.78. The van der Waals surface area contributed by atoms with Crippen molar-refractivity contribution in [3.63, 3.8) is 0 Å². The van der Waals surface area contributed by atoms with Crippen molar-refractivity contribution < 1.29 is 19.7 Å². The Morgan fingerprint density at radius 3 is 2.46 bits per heavy atom. The lowest BCUT2D eigenvalue weighted by molar-refractivity contribution is -0.200. The molecule has 0 aromatic heterocycles. The van der Waals surface area contributed by atoms with Gasteiger partial charge in [-0.05, 0) is 94.0 Å². The van der Waals surface area contributed by atoms with Crippen molar-refractivity contribution in [2.45, 2.75) is 99.8 Å². The van der Waals surface area contributed by atoms with Crippen molar-refractivity contribution in [1.29, 1.82) is 0 Å². The van der Waals surface area contributed by atoms with E-state index in [1.807, 2.05) is 30.3 Å². The number of Topliss-reactive ketones (excluding diaryl/α,β-unsaturated/α-hetero) is 1. The molecule has 2 heterocycles. The highest BCUT2D eigenvalue weighted by Crippen LogP contribution is 2.66. The largest absolute Gasteiger partial charge is 0.504 e. The molecule has 2 N–H and O–H groups in total. The maximum Gasteiger partial charge on any atom is 0.176 e. The number of phenols is 1. The van der Waals surface area contributed by atoms with Gasteiger partial charge >= 0.3 is 0 Å². The number of phenolic OH excluding ortho intramolecular Hbond substituents is 1. The van der Waals surface area contributed by atoms with Gasteiger partial charge in [0, 0.05) is 29.8 Å². The number of carbonyl (C=O) groups is 1. The van der Waals surface area contributed by atoms with Crippen molar-refractivity contribution in [2.24, 2.45) is 5.92 Å². The van der Waals surface area contributed by atoms with Gasteiger partial charge in [0.2, 0.25) is 0 Å². The number of likely N-dealkylation sites (tertiary alicyclic amines) is 1. The number of carbonyl (C=O) groups excluding carboxylic acids is 1. The molecule has 0 amide bonds. The highest BCUT2D eigenvalue weighted by Gasteiger charge is 2.73. The Labute approximate surface area is 273 Å². The minimum Gasteiger partial charge on any atom is -0.504 e. The summed E-state index contributed by atoms with van der Waals surface area (Å²) in [6, 6.07) is 24.2. The first kappa shape index (κ1) is 30.2. The zero-order valence-electron chi connectivity index (χ0n) is 26.9.